The highest BCUT2D eigenvalue weighted by molar-refractivity contribution is 7.22. The molecule has 1 fully saturated rings. The van der Waals surface area contributed by atoms with Crippen molar-refractivity contribution in [3.63, 3.8) is 0 Å². The van der Waals surface area contributed by atoms with E-state index in [-0.39, 0.29) is 17.7 Å². The maximum Gasteiger partial charge on any atom is 0.255 e. The van der Waals surface area contributed by atoms with Gasteiger partial charge in [0.1, 0.15) is 0 Å². The van der Waals surface area contributed by atoms with Crippen LogP contribution in [0.2, 0.25) is 5.02 Å². The van der Waals surface area contributed by atoms with Crippen LogP contribution in [0.4, 0.5) is 10.8 Å². The number of fused-ring (bicyclic) bond motifs is 1. The van der Waals surface area contributed by atoms with E-state index >= 15 is 0 Å². The van der Waals surface area contributed by atoms with Crippen LogP contribution < -0.4 is 10.6 Å². The molecule has 1 aliphatic rings. The van der Waals surface area contributed by atoms with Crippen molar-refractivity contribution in [3.05, 3.63) is 53.1 Å². The van der Waals surface area contributed by atoms with E-state index in [2.05, 4.69) is 15.6 Å². The van der Waals surface area contributed by atoms with Crippen molar-refractivity contribution in [1.29, 1.82) is 0 Å². The molecule has 2 amide bonds. The molecule has 7 heteroatoms. The highest BCUT2D eigenvalue weighted by Crippen LogP contribution is 2.30. The average Bonchev–Trinajstić information content (AvgIpc) is 3.10. The maximum atomic E-state index is 12.4. The van der Waals surface area contributed by atoms with E-state index in [1.54, 1.807) is 24.3 Å². The second-order valence-electron chi connectivity index (χ2n) is 6.99. The normalized spacial score (nSPS) is 14.8. The third-order valence-electron chi connectivity index (χ3n) is 4.94. The number of hydrogen-bond acceptors (Lipinski definition) is 4. The Morgan fingerprint density at radius 2 is 1.86 bits per heavy atom. The first-order valence-corrected chi connectivity index (χ1v) is 10.6. The summed E-state index contributed by atoms with van der Waals surface area (Å²) in [6.45, 7) is 0. The molecule has 0 atom stereocenters. The van der Waals surface area contributed by atoms with Crippen LogP contribution in [0.3, 0.4) is 0 Å². The summed E-state index contributed by atoms with van der Waals surface area (Å²) in [5, 5.41) is 6.93. The molecule has 1 saturated carbocycles. The lowest BCUT2D eigenvalue weighted by Gasteiger charge is -2.19. The number of anilines is 2. The first kappa shape index (κ1) is 18.9. The maximum absolute atomic E-state index is 12.4. The van der Waals surface area contributed by atoms with Gasteiger partial charge in [-0.25, -0.2) is 4.98 Å². The van der Waals surface area contributed by atoms with Crippen molar-refractivity contribution >= 4 is 55.8 Å². The number of thiazole rings is 1. The SMILES string of the molecule is O=C(Nc1ccc2sc(NC(=O)C3CCCCC3)nc2c1)c1cccc(Cl)c1. The first-order valence-electron chi connectivity index (χ1n) is 9.37. The van der Waals surface area contributed by atoms with Gasteiger partial charge >= 0.3 is 0 Å². The molecule has 0 spiro atoms. The molecule has 2 aromatic carbocycles. The van der Waals surface area contributed by atoms with Gasteiger partial charge in [-0.15, -0.1) is 0 Å². The van der Waals surface area contributed by atoms with Gasteiger partial charge in [-0.1, -0.05) is 48.3 Å². The molecule has 2 N–H and O–H groups in total. The number of nitrogens with one attached hydrogen (secondary N) is 2. The van der Waals surface area contributed by atoms with Gasteiger partial charge in [-0.3, -0.25) is 9.59 Å². The minimum absolute atomic E-state index is 0.0632. The second-order valence-corrected chi connectivity index (χ2v) is 8.46. The molecule has 0 bridgehead atoms. The van der Waals surface area contributed by atoms with Crippen LogP contribution >= 0.6 is 22.9 Å². The quantitative estimate of drug-likeness (QED) is 0.574. The van der Waals surface area contributed by atoms with Gasteiger partial charge in [-0.05, 0) is 49.2 Å². The zero-order chi connectivity index (χ0) is 19.5. The molecule has 0 saturated heterocycles. The predicted octanol–water partition coefficient (Wildman–Crippen LogP) is 5.72. The molecule has 0 unspecified atom stereocenters. The third kappa shape index (κ3) is 4.34. The number of halogens is 1. The molecule has 0 radical (unpaired) electrons. The van der Waals surface area contributed by atoms with Crippen LogP contribution in [0.25, 0.3) is 10.2 Å². The van der Waals surface area contributed by atoms with Gasteiger partial charge in [0.05, 0.1) is 10.2 Å². The van der Waals surface area contributed by atoms with Crippen LogP contribution in [-0.2, 0) is 4.79 Å². The number of aromatic nitrogens is 1. The fraction of sp³-hybridized carbons (Fsp3) is 0.286. The van der Waals surface area contributed by atoms with E-state index in [9.17, 15) is 9.59 Å². The van der Waals surface area contributed by atoms with Crippen molar-refractivity contribution < 1.29 is 9.59 Å². The van der Waals surface area contributed by atoms with E-state index in [1.807, 2.05) is 18.2 Å². The number of amides is 2. The van der Waals surface area contributed by atoms with Crippen molar-refractivity contribution in [3.8, 4) is 0 Å². The van der Waals surface area contributed by atoms with Gasteiger partial charge in [0.2, 0.25) is 5.91 Å². The highest BCUT2D eigenvalue weighted by atomic mass is 35.5. The smallest absolute Gasteiger partial charge is 0.255 e. The second kappa shape index (κ2) is 8.29. The van der Waals surface area contributed by atoms with Crippen LogP contribution in [0.5, 0.6) is 0 Å². The Kier molecular flexibility index (Phi) is 5.59. The number of carbonyl (C=O) groups is 2. The lowest BCUT2D eigenvalue weighted by molar-refractivity contribution is -0.120. The minimum atomic E-state index is -0.233. The van der Waals surface area contributed by atoms with Gasteiger partial charge in [0, 0.05) is 22.2 Å². The molecule has 5 nitrogen and oxygen atoms in total. The van der Waals surface area contributed by atoms with Crippen molar-refractivity contribution in [2.24, 2.45) is 5.92 Å². The first-order chi connectivity index (χ1) is 13.6. The number of nitrogens with zero attached hydrogens (tertiary/aromatic N) is 1. The monoisotopic (exact) mass is 413 g/mol. The molecular weight excluding hydrogens is 394 g/mol. The van der Waals surface area contributed by atoms with Crippen LogP contribution in [0.15, 0.2) is 42.5 Å². The summed E-state index contributed by atoms with van der Waals surface area (Å²) in [4.78, 5) is 29.3. The summed E-state index contributed by atoms with van der Waals surface area (Å²) in [5.41, 5.74) is 1.88. The van der Waals surface area contributed by atoms with E-state index in [0.717, 1.165) is 35.9 Å². The van der Waals surface area contributed by atoms with Crippen LogP contribution in [0, 0.1) is 5.92 Å². The molecule has 144 valence electrons. The Balaban J connectivity index is 1.47. The summed E-state index contributed by atoms with van der Waals surface area (Å²) in [5.74, 6) is -0.0792. The summed E-state index contributed by atoms with van der Waals surface area (Å²) < 4.78 is 0.958. The van der Waals surface area contributed by atoms with Crippen LogP contribution in [-0.4, -0.2) is 16.8 Å². The molecule has 28 heavy (non-hydrogen) atoms. The highest BCUT2D eigenvalue weighted by Gasteiger charge is 2.22. The Morgan fingerprint density at radius 1 is 1.04 bits per heavy atom. The van der Waals surface area contributed by atoms with Gasteiger partial charge in [-0.2, -0.15) is 0 Å². The molecule has 4 rings (SSSR count). The third-order valence-corrected chi connectivity index (χ3v) is 6.13. The van der Waals surface area contributed by atoms with Crippen molar-refractivity contribution in [2.75, 3.05) is 10.6 Å². The number of carbonyl (C=O) groups excluding carboxylic acids is 2. The van der Waals surface area contributed by atoms with Crippen molar-refractivity contribution in [2.45, 2.75) is 32.1 Å². The molecular formula is C21H20ClN3O2S. The van der Waals surface area contributed by atoms with Gasteiger partial charge < -0.3 is 10.6 Å². The van der Waals surface area contributed by atoms with E-state index in [1.165, 1.54) is 17.8 Å². The predicted molar refractivity (Wildman–Crippen MR) is 114 cm³/mol. The standard InChI is InChI=1S/C21H20ClN3O2S/c22-15-8-4-7-14(11-15)20(27)23-16-9-10-18-17(12-16)24-21(28-18)25-19(26)13-5-2-1-3-6-13/h4,7-13H,1-3,5-6H2,(H,23,27)(H,24,25,26). The zero-order valence-corrected chi connectivity index (χ0v) is 16.8. The lowest BCUT2D eigenvalue weighted by Crippen LogP contribution is -2.24. The summed E-state index contributed by atoms with van der Waals surface area (Å²) in [6.07, 6.45) is 5.36. The fourth-order valence-corrected chi connectivity index (χ4v) is 4.50. The van der Waals surface area contributed by atoms with Crippen LogP contribution in [0.1, 0.15) is 42.5 Å². The summed E-state index contributed by atoms with van der Waals surface area (Å²) in [6, 6.07) is 12.3. The zero-order valence-electron chi connectivity index (χ0n) is 15.2. The fourth-order valence-electron chi connectivity index (χ4n) is 3.46. The van der Waals surface area contributed by atoms with E-state index < -0.39 is 0 Å². The molecule has 3 aromatic rings. The molecule has 1 aliphatic carbocycles. The Bertz CT molecular complexity index is 1030. The number of benzene rings is 2. The van der Waals surface area contributed by atoms with E-state index in [4.69, 9.17) is 11.6 Å². The Hall–Kier alpha value is -2.44. The number of rotatable bonds is 4. The number of hydrogen-bond donors (Lipinski definition) is 2. The van der Waals surface area contributed by atoms with Gasteiger partial charge in [0.15, 0.2) is 5.13 Å². The van der Waals surface area contributed by atoms with E-state index in [0.29, 0.717) is 21.4 Å². The van der Waals surface area contributed by atoms with Gasteiger partial charge in [0.25, 0.3) is 5.91 Å². The molecule has 1 aromatic heterocycles. The topological polar surface area (TPSA) is 71.1 Å². The largest absolute Gasteiger partial charge is 0.322 e. The summed E-state index contributed by atoms with van der Waals surface area (Å²) >= 11 is 7.39. The Morgan fingerprint density at radius 3 is 2.64 bits per heavy atom. The summed E-state index contributed by atoms with van der Waals surface area (Å²) in [7, 11) is 0. The minimum Gasteiger partial charge on any atom is -0.322 e. The molecule has 0 aliphatic heterocycles. The van der Waals surface area contributed by atoms with Crippen molar-refractivity contribution in [1.82, 2.24) is 4.98 Å². The molecule has 1 heterocycles. The Labute approximate surface area is 172 Å². The average molecular weight is 414 g/mol. The lowest BCUT2D eigenvalue weighted by atomic mass is 9.89.